The molecule has 116 valence electrons. The molecule has 0 fully saturated rings. The number of carbonyl (C=O) groups is 2. The molecule has 0 aliphatic rings. The van der Waals surface area contributed by atoms with E-state index in [1.54, 1.807) is 17.5 Å². The minimum absolute atomic E-state index is 0.130. The molecular formula is C17H14N2O3S. The van der Waals surface area contributed by atoms with Gasteiger partial charge in [-0.3, -0.25) is 10.2 Å². The van der Waals surface area contributed by atoms with Gasteiger partial charge in [-0.25, -0.2) is 10.2 Å². The minimum atomic E-state index is -0.705. The zero-order valence-corrected chi connectivity index (χ0v) is 12.9. The van der Waals surface area contributed by atoms with Gasteiger partial charge in [0.2, 0.25) is 0 Å². The Labute approximate surface area is 136 Å². The van der Waals surface area contributed by atoms with Gasteiger partial charge in [0.25, 0.3) is 5.91 Å². The van der Waals surface area contributed by atoms with E-state index in [1.807, 2.05) is 42.5 Å². The normalized spacial score (nSPS) is 10.3. The summed E-state index contributed by atoms with van der Waals surface area (Å²) in [4.78, 5) is 23.8. The van der Waals surface area contributed by atoms with Crippen LogP contribution in [-0.2, 0) is 11.3 Å². The van der Waals surface area contributed by atoms with Crippen LogP contribution in [0.15, 0.2) is 60.0 Å². The number of ether oxygens (including phenoxy) is 1. The fourth-order valence-corrected chi connectivity index (χ4v) is 2.71. The standard InChI is InChI=1S/C17H14N2O3S/c20-16(15-6-3-9-23-15)18-19-17(21)22-11-12-7-8-13-4-1-2-5-14(13)10-12/h1-10H,11H2,(H,18,20)(H,19,21). The second kappa shape index (κ2) is 6.93. The first-order valence-corrected chi connectivity index (χ1v) is 7.84. The summed E-state index contributed by atoms with van der Waals surface area (Å²) in [5, 5.41) is 4.00. The number of nitrogens with one attached hydrogen (secondary N) is 2. The lowest BCUT2D eigenvalue weighted by atomic mass is 10.1. The van der Waals surface area contributed by atoms with Gasteiger partial charge in [0, 0.05) is 0 Å². The first-order chi connectivity index (χ1) is 11.2. The van der Waals surface area contributed by atoms with Gasteiger partial charge in [-0.1, -0.05) is 42.5 Å². The summed E-state index contributed by atoms with van der Waals surface area (Å²) in [5.41, 5.74) is 5.40. The Hall–Kier alpha value is -2.86. The van der Waals surface area contributed by atoms with Crippen molar-refractivity contribution in [2.45, 2.75) is 6.61 Å². The second-order valence-electron chi connectivity index (χ2n) is 4.81. The Balaban J connectivity index is 1.51. The van der Waals surface area contributed by atoms with Gasteiger partial charge >= 0.3 is 6.09 Å². The average Bonchev–Trinajstić information content (AvgIpc) is 3.12. The smallest absolute Gasteiger partial charge is 0.426 e. The lowest BCUT2D eigenvalue weighted by molar-refractivity contribution is 0.0909. The molecule has 5 nitrogen and oxygen atoms in total. The van der Waals surface area contributed by atoms with Crippen LogP contribution in [0.3, 0.4) is 0 Å². The van der Waals surface area contributed by atoms with Crippen molar-refractivity contribution in [1.82, 2.24) is 10.9 Å². The zero-order valence-electron chi connectivity index (χ0n) is 12.1. The molecule has 6 heteroatoms. The van der Waals surface area contributed by atoms with E-state index in [2.05, 4.69) is 10.9 Å². The molecule has 0 saturated heterocycles. The lowest BCUT2D eigenvalue weighted by Gasteiger charge is -2.08. The van der Waals surface area contributed by atoms with Crippen LogP contribution < -0.4 is 10.9 Å². The van der Waals surface area contributed by atoms with Crippen LogP contribution in [0.1, 0.15) is 15.2 Å². The Bertz CT molecular complexity index is 831. The van der Waals surface area contributed by atoms with E-state index in [1.165, 1.54) is 11.3 Å². The first kappa shape index (κ1) is 15.1. The summed E-state index contributed by atoms with van der Waals surface area (Å²) >= 11 is 1.29. The highest BCUT2D eigenvalue weighted by molar-refractivity contribution is 7.12. The summed E-state index contributed by atoms with van der Waals surface area (Å²) < 4.78 is 5.08. The number of fused-ring (bicyclic) bond motifs is 1. The molecule has 3 aromatic rings. The Kier molecular flexibility index (Phi) is 4.54. The van der Waals surface area contributed by atoms with Crippen molar-refractivity contribution in [3.05, 3.63) is 70.4 Å². The maximum atomic E-state index is 11.7. The largest absolute Gasteiger partial charge is 0.443 e. The van der Waals surface area contributed by atoms with Crippen LogP contribution in [0, 0.1) is 0 Å². The molecular weight excluding hydrogens is 312 g/mol. The number of rotatable bonds is 3. The summed E-state index contributed by atoms with van der Waals surface area (Å²) in [6.45, 7) is 0.130. The molecule has 1 aromatic heterocycles. The van der Waals surface area contributed by atoms with Crippen LogP contribution in [0.4, 0.5) is 4.79 Å². The molecule has 0 unspecified atom stereocenters. The predicted molar refractivity (Wildman–Crippen MR) is 89.1 cm³/mol. The highest BCUT2D eigenvalue weighted by atomic mass is 32.1. The van der Waals surface area contributed by atoms with E-state index in [4.69, 9.17) is 4.74 Å². The number of thiophene rings is 1. The molecule has 2 N–H and O–H groups in total. The highest BCUT2D eigenvalue weighted by Gasteiger charge is 2.08. The molecule has 0 bridgehead atoms. The van der Waals surface area contributed by atoms with Crippen molar-refractivity contribution in [2.75, 3.05) is 0 Å². The van der Waals surface area contributed by atoms with Crippen molar-refractivity contribution in [3.8, 4) is 0 Å². The van der Waals surface area contributed by atoms with Crippen molar-refractivity contribution in [1.29, 1.82) is 0 Å². The van der Waals surface area contributed by atoms with Crippen LogP contribution >= 0.6 is 11.3 Å². The van der Waals surface area contributed by atoms with E-state index >= 15 is 0 Å². The monoisotopic (exact) mass is 326 g/mol. The Morgan fingerprint density at radius 1 is 0.957 bits per heavy atom. The molecule has 0 spiro atoms. The molecule has 0 radical (unpaired) electrons. The Morgan fingerprint density at radius 3 is 2.57 bits per heavy atom. The first-order valence-electron chi connectivity index (χ1n) is 6.97. The second-order valence-corrected chi connectivity index (χ2v) is 5.76. The fraction of sp³-hybridized carbons (Fsp3) is 0.0588. The van der Waals surface area contributed by atoms with Gasteiger partial charge < -0.3 is 4.74 Å². The van der Waals surface area contributed by atoms with E-state index < -0.39 is 6.09 Å². The summed E-state index contributed by atoms with van der Waals surface area (Å²) in [5.74, 6) is -0.373. The van der Waals surface area contributed by atoms with Gasteiger partial charge in [-0.15, -0.1) is 11.3 Å². The van der Waals surface area contributed by atoms with Crippen LogP contribution in [0.25, 0.3) is 10.8 Å². The van der Waals surface area contributed by atoms with Gasteiger partial charge in [-0.05, 0) is 33.8 Å². The molecule has 2 amide bonds. The van der Waals surface area contributed by atoms with Gasteiger partial charge in [-0.2, -0.15) is 0 Å². The third kappa shape index (κ3) is 3.87. The molecule has 23 heavy (non-hydrogen) atoms. The van der Waals surface area contributed by atoms with Crippen LogP contribution in [0.2, 0.25) is 0 Å². The summed E-state index contributed by atoms with van der Waals surface area (Å²) in [7, 11) is 0. The third-order valence-corrected chi connectivity index (χ3v) is 4.08. The van der Waals surface area contributed by atoms with Gasteiger partial charge in [0.15, 0.2) is 0 Å². The zero-order chi connectivity index (χ0) is 16.1. The van der Waals surface area contributed by atoms with E-state index in [9.17, 15) is 9.59 Å². The number of hydrogen-bond acceptors (Lipinski definition) is 4. The third-order valence-electron chi connectivity index (χ3n) is 3.21. The van der Waals surface area contributed by atoms with E-state index in [-0.39, 0.29) is 12.5 Å². The lowest BCUT2D eigenvalue weighted by Crippen LogP contribution is -2.41. The number of hydrazine groups is 1. The topological polar surface area (TPSA) is 67.4 Å². The van der Waals surface area contributed by atoms with Crippen LogP contribution in [0.5, 0.6) is 0 Å². The number of amides is 2. The van der Waals surface area contributed by atoms with Crippen LogP contribution in [-0.4, -0.2) is 12.0 Å². The van der Waals surface area contributed by atoms with Crippen molar-refractivity contribution < 1.29 is 14.3 Å². The van der Waals surface area contributed by atoms with Gasteiger partial charge in [0.05, 0.1) is 4.88 Å². The molecule has 3 rings (SSSR count). The summed E-state index contributed by atoms with van der Waals surface area (Å²) in [6.07, 6.45) is -0.705. The molecule has 0 aliphatic carbocycles. The van der Waals surface area contributed by atoms with Gasteiger partial charge in [0.1, 0.15) is 6.61 Å². The fourth-order valence-electron chi connectivity index (χ4n) is 2.09. The van der Waals surface area contributed by atoms with Crippen molar-refractivity contribution in [3.63, 3.8) is 0 Å². The minimum Gasteiger partial charge on any atom is -0.443 e. The molecule has 0 saturated carbocycles. The SMILES string of the molecule is O=C(NNC(=O)c1cccs1)OCc1ccc2ccccc2c1. The highest BCUT2D eigenvalue weighted by Crippen LogP contribution is 2.16. The maximum absolute atomic E-state index is 11.7. The summed E-state index contributed by atoms with van der Waals surface area (Å²) in [6, 6.07) is 17.2. The van der Waals surface area contributed by atoms with Crippen molar-refractivity contribution in [2.24, 2.45) is 0 Å². The molecule has 1 heterocycles. The number of benzene rings is 2. The quantitative estimate of drug-likeness (QED) is 0.724. The van der Waals surface area contributed by atoms with Crippen molar-refractivity contribution >= 4 is 34.1 Å². The Morgan fingerprint density at radius 2 is 1.78 bits per heavy atom. The maximum Gasteiger partial charge on any atom is 0.426 e. The molecule has 0 atom stereocenters. The molecule has 2 aromatic carbocycles. The number of carbonyl (C=O) groups excluding carboxylic acids is 2. The molecule has 0 aliphatic heterocycles. The van der Waals surface area contributed by atoms with E-state index in [0.717, 1.165) is 16.3 Å². The number of hydrogen-bond donors (Lipinski definition) is 2. The predicted octanol–water partition coefficient (Wildman–Crippen LogP) is 3.47. The van der Waals surface area contributed by atoms with E-state index in [0.29, 0.717) is 4.88 Å². The average molecular weight is 326 g/mol.